The van der Waals surface area contributed by atoms with Crippen molar-refractivity contribution in [1.82, 2.24) is 0 Å². The third-order valence-corrected chi connectivity index (χ3v) is 8.00. The summed E-state index contributed by atoms with van der Waals surface area (Å²) in [5.74, 6) is -0.156. The summed E-state index contributed by atoms with van der Waals surface area (Å²) in [6, 6.07) is 13.6. The topological polar surface area (TPSA) is 122 Å². The molecular weight excluding hydrogens is 559 g/mol. The second-order valence-corrected chi connectivity index (χ2v) is 11.9. The number of carbonyl (C=O) groups is 1. The number of nitrogens with zero attached hydrogens (tertiary/aromatic N) is 1. The van der Waals surface area contributed by atoms with Gasteiger partial charge in [-0.2, -0.15) is 13.2 Å². The van der Waals surface area contributed by atoms with Gasteiger partial charge in [0.15, 0.2) is 0 Å². The number of alkyl halides is 3. The van der Waals surface area contributed by atoms with Gasteiger partial charge in [0.2, 0.25) is 15.9 Å². The summed E-state index contributed by atoms with van der Waals surface area (Å²) in [6.45, 7) is 3.62. The quantitative estimate of drug-likeness (QED) is 0.356. The Morgan fingerprint density at radius 1 is 0.949 bits per heavy atom. The van der Waals surface area contributed by atoms with Crippen molar-refractivity contribution >= 4 is 43.0 Å². The maximum atomic E-state index is 12.9. The van der Waals surface area contributed by atoms with Crippen LogP contribution in [0.5, 0.6) is 5.75 Å². The molecule has 0 spiro atoms. The van der Waals surface area contributed by atoms with E-state index in [9.17, 15) is 34.8 Å². The van der Waals surface area contributed by atoms with E-state index in [2.05, 4.69) is 10.0 Å². The summed E-state index contributed by atoms with van der Waals surface area (Å²) in [4.78, 5) is 12.6. The number of rotatable bonds is 10. The summed E-state index contributed by atoms with van der Waals surface area (Å²) < 4.78 is 97.5. The molecular formula is C25H26F3N3O6S2. The first-order chi connectivity index (χ1) is 18.1. The summed E-state index contributed by atoms with van der Waals surface area (Å²) in [7, 11) is -8.12. The predicted molar refractivity (Wildman–Crippen MR) is 142 cm³/mol. The van der Waals surface area contributed by atoms with Gasteiger partial charge in [-0.15, -0.1) is 0 Å². The van der Waals surface area contributed by atoms with Gasteiger partial charge in [-0.3, -0.25) is 13.8 Å². The summed E-state index contributed by atoms with van der Waals surface area (Å²) >= 11 is 0. The van der Waals surface area contributed by atoms with E-state index in [1.807, 2.05) is 0 Å². The molecule has 0 saturated carbocycles. The first-order valence-electron chi connectivity index (χ1n) is 11.4. The molecule has 0 aliphatic heterocycles. The Morgan fingerprint density at radius 3 is 2.10 bits per heavy atom. The lowest BCUT2D eigenvalue weighted by Gasteiger charge is -2.28. The molecule has 2 N–H and O–H groups in total. The van der Waals surface area contributed by atoms with Crippen LogP contribution >= 0.6 is 0 Å². The van der Waals surface area contributed by atoms with Gasteiger partial charge in [0.1, 0.15) is 11.8 Å². The van der Waals surface area contributed by atoms with Crippen molar-refractivity contribution in [1.29, 1.82) is 0 Å². The molecule has 3 rings (SSSR count). The zero-order chi connectivity index (χ0) is 29.0. The minimum Gasteiger partial charge on any atom is -0.494 e. The zero-order valence-corrected chi connectivity index (χ0v) is 22.7. The Morgan fingerprint density at radius 2 is 1.56 bits per heavy atom. The number of carbonyl (C=O) groups excluding carboxylic acids is 1. The van der Waals surface area contributed by atoms with Gasteiger partial charge in [0, 0.05) is 11.4 Å². The van der Waals surface area contributed by atoms with Crippen LogP contribution in [-0.4, -0.2) is 41.6 Å². The highest BCUT2D eigenvalue weighted by molar-refractivity contribution is 7.92. The normalized spacial score (nSPS) is 12.9. The van der Waals surface area contributed by atoms with Crippen molar-refractivity contribution < 1.29 is 39.5 Å². The summed E-state index contributed by atoms with van der Waals surface area (Å²) in [5, 5.41) is 2.54. The van der Waals surface area contributed by atoms with Crippen LogP contribution in [-0.2, 0) is 31.0 Å². The van der Waals surface area contributed by atoms with E-state index in [0.717, 1.165) is 34.8 Å². The monoisotopic (exact) mass is 585 g/mol. The van der Waals surface area contributed by atoms with E-state index in [1.165, 1.54) is 37.3 Å². The largest absolute Gasteiger partial charge is 0.494 e. The van der Waals surface area contributed by atoms with Gasteiger partial charge < -0.3 is 10.1 Å². The number of amides is 1. The molecule has 0 aliphatic rings. The lowest BCUT2D eigenvalue weighted by molar-refractivity contribution is -0.137. The predicted octanol–water partition coefficient (Wildman–Crippen LogP) is 4.70. The Balaban J connectivity index is 1.75. The van der Waals surface area contributed by atoms with Crippen LogP contribution < -0.4 is 19.1 Å². The highest BCUT2D eigenvalue weighted by Crippen LogP contribution is 2.31. The Bertz CT molecular complexity index is 1530. The number of hydrogen-bond acceptors (Lipinski definition) is 6. The summed E-state index contributed by atoms with van der Waals surface area (Å²) in [6.07, 6.45) is -3.68. The summed E-state index contributed by atoms with van der Waals surface area (Å²) in [5.41, 5.74) is -0.870. The molecule has 0 bridgehead atoms. The van der Waals surface area contributed by atoms with Crippen molar-refractivity contribution in [3.05, 3.63) is 78.4 Å². The van der Waals surface area contributed by atoms with Crippen LogP contribution in [0.3, 0.4) is 0 Å². The molecule has 0 heterocycles. The SMILES string of the molecule is CCOc1ccc(N(C(C)C(=O)Nc2ccc(S(=O)(=O)Nc3cccc(C(F)(F)F)c3)cc2)S(C)(=O)=O)cc1. The molecule has 1 unspecified atom stereocenters. The maximum Gasteiger partial charge on any atom is 0.416 e. The van der Waals surface area contributed by atoms with Gasteiger partial charge in [-0.1, -0.05) is 6.07 Å². The van der Waals surface area contributed by atoms with E-state index in [0.29, 0.717) is 18.4 Å². The highest BCUT2D eigenvalue weighted by atomic mass is 32.2. The van der Waals surface area contributed by atoms with Crippen LogP contribution in [0.4, 0.5) is 30.2 Å². The smallest absolute Gasteiger partial charge is 0.416 e. The average molecular weight is 586 g/mol. The number of sulfonamides is 2. The minimum atomic E-state index is -4.64. The fraction of sp³-hybridized carbons (Fsp3) is 0.240. The maximum absolute atomic E-state index is 12.9. The van der Waals surface area contributed by atoms with Crippen molar-refractivity contribution in [2.24, 2.45) is 0 Å². The van der Waals surface area contributed by atoms with Crippen LogP contribution in [0.2, 0.25) is 0 Å². The number of benzene rings is 3. The molecule has 0 aromatic heterocycles. The molecule has 39 heavy (non-hydrogen) atoms. The first-order valence-corrected chi connectivity index (χ1v) is 14.8. The molecule has 1 amide bonds. The van der Waals surface area contributed by atoms with Gasteiger partial charge >= 0.3 is 6.18 Å². The molecule has 0 radical (unpaired) electrons. The lowest BCUT2D eigenvalue weighted by Crippen LogP contribution is -2.45. The van der Waals surface area contributed by atoms with Crippen molar-refractivity contribution in [2.75, 3.05) is 27.2 Å². The van der Waals surface area contributed by atoms with Crippen molar-refractivity contribution in [3.8, 4) is 5.75 Å². The zero-order valence-electron chi connectivity index (χ0n) is 21.1. The van der Waals surface area contributed by atoms with Gasteiger partial charge in [0.05, 0.1) is 29.0 Å². The number of anilines is 3. The second-order valence-electron chi connectivity index (χ2n) is 8.36. The van der Waals surface area contributed by atoms with E-state index < -0.39 is 43.7 Å². The molecule has 0 aliphatic carbocycles. The Labute approximate surface area is 224 Å². The van der Waals surface area contributed by atoms with Crippen molar-refractivity contribution in [3.63, 3.8) is 0 Å². The molecule has 1 atom stereocenters. The molecule has 0 saturated heterocycles. The van der Waals surface area contributed by atoms with Gasteiger partial charge in [-0.25, -0.2) is 16.8 Å². The Hall–Kier alpha value is -3.78. The average Bonchev–Trinajstić information content (AvgIpc) is 2.84. The number of ether oxygens (including phenoxy) is 1. The second kappa shape index (κ2) is 11.5. The van der Waals surface area contributed by atoms with Crippen molar-refractivity contribution in [2.45, 2.75) is 31.0 Å². The minimum absolute atomic E-state index is 0.171. The Kier molecular flexibility index (Phi) is 8.80. The number of halogens is 3. The molecule has 9 nitrogen and oxygen atoms in total. The van der Waals surface area contributed by atoms with Crippen LogP contribution in [0.25, 0.3) is 0 Å². The van der Waals surface area contributed by atoms with E-state index in [-0.39, 0.29) is 22.0 Å². The molecule has 0 fully saturated rings. The van der Waals surface area contributed by atoms with Crippen LogP contribution in [0, 0.1) is 0 Å². The molecule has 14 heteroatoms. The highest BCUT2D eigenvalue weighted by Gasteiger charge is 2.31. The fourth-order valence-corrected chi connectivity index (χ4v) is 5.83. The van der Waals surface area contributed by atoms with Gasteiger partial charge in [-0.05, 0) is 80.6 Å². The third kappa shape index (κ3) is 7.63. The molecule has 3 aromatic rings. The van der Waals surface area contributed by atoms with Crippen LogP contribution in [0.15, 0.2) is 77.7 Å². The van der Waals surface area contributed by atoms with E-state index in [1.54, 1.807) is 19.1 Å². The van der Waals surface area contributed by atoms with E-state index >= 15 is 0 Å². The molecule has 210 valence electrons. The number of hydrogen-bond donors (Lipinski definition) is 2. The van der Waals surface area contributed by atoms with E-state index in [4.69, 9.17) is 4.74 Å². The number of nitrogens with one attached hydrogen (secondary N) is 2. The lowest BCUT2D eigenvalue weighted by atomic mass is 10.2. The third-order valence-electron chi connectivity index (χ3n) is 5.36. The molecule has 3 aromatic carbocycles. The standard InChI is InChI=1S/C25H26F3N3O6S2/c1-4-37-22-12-10-21(11-13-22)31(38(3,33)34)17(2)24(32)29-19-8-14-23(15-9-19)39(35,36)30-20-7-5-6-18(16-20)25(26,27)28/h5-17,30H,4H2,1-3H3,(H,29,32). The fourth-order valence-electron chi connectivity index (χ4n) is 3.60. The van der Waals surface area contributed by atoms with Crippen LogP contribution in [0.1, 0.15) is 19.4 Å². The van der Waals surface area contributed by atoms with Gasteiger partial charge in [0.25, 0.3) is 10.0 Å². The first kappa shape index (κ1) is 29.8.